The van der Waals surface area contributed by atoms with E-state index in [0.29, 0.717) is 0 Å². The van der Waals surface area contributed by atoms with E-state index in [1.807, 2.05) is 12.1 Å². The van der Waals surface area contributed by atoms with E-state index in [9.17, 15) is 0 Å². The molecule has 0 aromatic carbocycles. The number of aromatic nitrogens is 1. The van der Waals surface area contributed by atoms with Crippen LogP contribution in [0.5, 0.6) is 0 Å². The van der Waals surface area contributed by atoms with Crippen LogP contribution >= 0.6 is 11.3 Å². The van der Waals surface area contributed by atoms with E-state index in [-0.39, 0.29) is 0 Å². The van der Waals surface area contributed by atoms with Crippen LogP contribution < -0.4 is 0 Å². The SMILES string of the molecule is CCCCCc1cc(/C=C2/N=C(c3cccs3)C=C2OC)[nH]c1C. The summed E-state index contributed by atoms with van der Waals surface area (Å²) in [6.07, 6.45) is 9.00. The van der Waals surface area contributed by atoms with Gasteiger partial charge in [0.1, 0.15) is 11.5 Å². The van der Waals surface area contributed by atoms with Gasteiger partial charge in [0.05, 0.1) is 17.7 Å². The van der Waals surface area contributed by atoms with Gasteiger partial charge in [0.2, 0.25) is 0 Å². The molecule has 0 atom stereocenters. The van der Waals surface area contributed by atoms with Gasteiger partial charge in [-0.3, -0.25) is 0 Å². The number of aryl methyl sites for hydroxylation is 2. The van der Waals surface area contributed by atoms with Crippen molar-refractivity contribution in [2.75, 3.05) is 7.11 Å². The Hall–Kier alpha value is -2.07. The number of thiophene rings is 1. The third-order valence-electron chi connectivity index (χ3n) is 4.24. The highest BCUT2D eigenvalue weighted by Crippen LogP contribution is 2.27. The summed E-state index contributed by atoms with van der Waals surface area (Å²) in [5.41, 5.74) is 5.59. The van der Waals surface area contributed by atoms with Gasteiger partial charge in [0, 0.05) is 17.5 Å². The fourth-order valence-corrected chi connectivity index (χ4v) is 3.60. The quantitative estimate of drug-likeness (QED) is 0.665. The first kappa shape index (κ1) is 16.8. The standard InChI is InChI=1S/C20H24N2OS/c1-4-5-6-8-15-11-16(21-14(15)2)12-17-19(23-3)13-18(22-17)20-9-7-10-24-20/h7,9-13,21H,4-6,8H2,1-3H3/b17-12+. The molecule has 2 aromatic rings. The highest BCUT2D eigenvalue weighted by molar-refractivity contribution is 7.12. The fraction of sp³-hybridized carbons (Fsp3) is 0.350. The minimum Gasteiger partial charge on any atom is -0.494 e. The molecule has 126 valence electrons. The third kappa shape index (κ3) is 3.70. The molecule has 0 aliphatic carbocycles. The van der Waals surface area contributed by atoms with Crippen LogP contribution in [0.15, 0.2) is 46.1 Å². The van der Waals surface area contributed by atoms with E-state index in [0.717, 1.165) is 34.2 Å². The van der Waals surface area contributed by atoms with Gasteiger partial charge in [-0.25, -0.2) is 4.99 Å². The molecule has 0 saturated carbocycles. The number of allylic oxidation sites excluding steroid dienone is 1. The molecule has 0 fully saturated rings. The summed E-state index contributed by atoms with van der Waals surface area (Å²) in [6, 6.07) is 6.37. The van der Waals surface area contributed by atoms with Crippen LogP contribution in [0.25, 0.3) is 6.08 Å². The summed E-state index contributed by atoms with van der Waals surface area (Å²) >= 11 is 1.69. The van der Waals surface area contributed by atoms with Crippen molar-refractivity contribution in [1.29, 1.82) is 0 Å². The van der Waals surface area contributed by atoms with Crippen LogP contribution in [0.1, 0.15) is 48.0 Å². The van der Waals surface area contributed by atoms with E-state index in [1.54, 1.807) is 18.4 Å². The minimum absolute atomic E-state index is 0.818. The van der Waals surface area contributed by atoms with Crippen LogP contribution in [0.2, 0.25) is 0 Å². The molecule has 0 spiro atoms. The molecular weight excluding hydrogens is 316 g/mol. The highest BCUT2D eigenvalue weighted by atomic mass is 32.1. The first-order valence-corrected chi connectivity index (χ1v) is 9.38. The maximum absolute atomic E-state index is 5.51. The Balaban J connectivity index is 1.83. The van der Waals surface area contributed by atoms with Crippen molar-refractivity contribution in [2.24, 2.45) is 4.99 Å². The molecule has 0 radical (unpaired) electrons. The molecule has 1 aliphatic heterocycles. The lowest BCUT2D eigenvalue weighted by Crippen LogP contribution is -1.88. The number of hydrogen-bond acceptors (Lipinski definition) is 3. The van der Waals surface area contributed by atoms with Crippen molar-refractivity contribution >= 4 is 23.1 Å². The first-order chi connectivity index (χ1) is 11.7. The lowest BCUT2D eigenvalue weighted by Gasteiger charge is -2.00. The van der Waals surface area contributed by atoms with Gasteiger partial charge in [-0.15, -0.1) is 11.3 Å². The number of nitrogens with one attached hydrogen (secondary N) is 1. The van der Waals surface area contributed by atoms with E-state index in [4.69, 9.17) is 9.73 Å². The van der Waals surface area contributed by atoms with Crippen molar-refractivity contribution < 1.29 is 4.74 Å². The average molecular weight is 340 g/mol. The Morgan fingerprint density at radius 1 is 1.33 bits per heavy atom. The molecule has 4 heteroatoms. The Morgan fingerprint density at radius 3 is 2.92 bits per heavy atom. The molecule has 3 heterocycles. The summed E-state index contributed by atoms with van der Waals surface area (Å²) in [6.45, 7) is 4.38. The third-order valence-corrected chi connectivity index (χ3v) is 5.13. The molecule has 0 amide bonds. The number of rotatable bonds is 7. The second-order valence-electron chi connectivity index (χ2n) is 6.05. The smallest absolute Gasteiger partial charge is 0.146 e. The van der Waals surface area contributed by atoms with E-state index in [2.05, 4.69) is 42.4 Å². The minimum atomic E-state index is 0.818. The average Bonchev–Trinajstić information content (AvgIpc) is 3.28. The van der Waals surface area contributed by atoms with E-state index >= 15 is 0 Å². The molecule has 0 saturated heterocycles. The molecule has 3 nitrogen and oxygen atoms in total. The molecule has 2 aromatic heterocycles. The van der Waals surface area contributed by atoms with Gasteiger partial charge >= 0.3 is 0 Å². The fourth-order valence-electron chi connectivity index (χ4n) is 2.91. The van der Waals surface area contributed by atoms with Crippen molar-refractivity contribution in [2.45, 2.75) is 39.5 Å². The number of ether oxygens (including phenoxy) is 1. The Labute approximate surface area is 147 Å². The Morgan fingerprint density at radius 2 is 2.21 bits per heavy atom. The number of methoxy groups -OCH3 is 1. The topological polar surface area (TPSA) is 37.4 Å². The van der Waals surface area contributed by atoms with Crippen LogP contribution in [-0.4, -0.2) is 17.8 Å². The van der Waals surface area contributed by atoms with E-state index in [1.165, 1.54) is 30.5 Å². The summed E-state index contributed by atoms with van der Waals surface area (Å²) in [5, 5.41) is 2.07. The van der Waals surface area contributed by atoms with Gasteiger partial charge in [-0.05, 0) is 48.9 Å². The molecule has 0 bridgehead atoms. The second-order valence-corrected chi connectivity index (χ2v) is 7.00. The number of unbranched alkanes of at least 4 members (excludes halogenated alkanes) is 2. The lowest BCUT2D eigenvalue weighted by molar-refractivity contribution is 0.303. The zero-order chi connectivity index (χ0) is 16.9. The predicted molar refractivity (Wildman–Crippen MR) is 103 cm³/mol. The number of aromatic amines is 1. The van der Waals surface area contributed by atoms with Crippen molar-refractivity contribution in [3.8, 4) is 0 Å². The zero-order valence-electron chi connectivity index (χ0n) is 14.6. The number of H-pyrrole nitrogens is 1. The summed E-state index contributed by atoms with van der Waals surface area (Å²) in [5.74, 6) is 0.818. The lowest BCUT2D eigenvalue weighted by atomic mass is 10.1. The largest absolute Gasteiger partial charge is 0.494 e. The predicted octanol–water partition coefficient (Wildman–Crippen LogP) is 5.49. The van der Waals surface area contributed by atoms with Crippen molar-refractivity contribution in [3.05, 3.63) is 62.9 Å². The number of nitrogens with zero attached hydrogens (tertiary/aromatic N) is 1. The number of hydrogen-bond donors (Lipinski definition) is 1. The van der Waals surface area contributed by atoms with Crippen LogP contribution in [-0.2, 0) is 11.2 Å². The second kappa shape index (κ2) is 7.67. The summed E-state index contributed by atoms with van der Waals surface area (Å²) in [7, 11) is 1.70. The number of aliphatic imine (C=N–C) groups is 1. The molecule has 24 heavy (non-hydrogen) atoms. The van der Waals surface area contributed by atoms with Gasteiger partial charge in [0.25, 0.3) is 0 Å². The van der Waals surface area contributed by atoms with Crippen LogP contribution in [0.3, 0.4) is 0 Å². The molecule has 0 unspecified atom stereocenters. The summed E-state index contributed by atoms with van der Waals surface area (Å²) in [4.78, 5) is 9.37. The van der Waals surface area contributed by atoms with Crippen molar-refractivity contribution in [3.63, 3.8) is 0 Å². The monoisotopic (exact) mass is 340 g/mol. The van der Waals surface area contributed by atoms with Gasteiger partial charge in [-0.1, -0.05) is 25.8 Å². The van der Waals surface area contributed by atoms with Gasteiger partial charge in [0.15, 0.2) is 0 Å². The Bertz CT molecular complexity index is 779. The molecule has 3 rings (SSSR count). The van der Waals surface area contributed by atoms with Crippen molar-refractivity contribution in [1.82, 2.24) is 4.98 Å². The molecular formula is C20H24N2OS. The molecule has 1 N–H and O–H groups in total. The van der Waals surface area contributed by atoms with Gasteiger partial charge < -0.3 is 9.72 Å². The van der Waals surface area contributed by atoms with E-state index < -0.39 is 0 Å². The maximum atomic E-state index is 5.51. The normalized spacial score (nSPS) is 15.7. The van der Waals surface area contributed by atoms with Crippen LogP contribution in [0.4, 0.5) is 0 Å². The maximum Gasteiger partial charge on any atom is 0.146 e. The van der Waals surface area contributed by atoms with Gasteiger partial charge in [-0.2, -0.15) is 0 Å². The Kier molecular flexibility index (Phi) is 5.36. The highest BCUT2D eigenvalue weighted by Gasteiger charge is 2.17. The molecule has 1 aliphatic rings. The first-order valence-electron chi connectivity index (χ1n) is 8.50. The van der Waals surface area contributed by atoms with Crippen LogP contribution in [0, 0.1) is 6.92 Å². The summed E-state index contributed by atoms with van der Waals surface area (Å²) < 4.78 is 5.51. The zero-order valence-corrected chi connectivity index (χ0v) is 15.4.